The molecule has 2 saturated carbocycles. The zero-order valence-electron chi connectivity index (χ0n) is 27.8. The number of ether oxygens (including phenoxy) is 2. The second kappa shape index (κ2) is 18.1. The standard InChI is InChI=1S/C19H22N2O.2C7H8O4.C2H6.CH4.CH3.V/c1-2-13-12-21-10-8-14(13)11-18(21)19(22)16-7-9-20-17-6-4-3-5-15(16)17;2*8-6(9)4-1-3-2-5(4)7(10)11-3;1-2;;;/h2-7,9,13-14,18-19,22H,1,8,10-12H2;2*3-5H,1-2H2,(H,8,9);1-2H3;1H4;1H3;/q;;;;;-1;/t13?,14?,18?,19-;;;;;;/m1....../s1. The summed E-state index contributed by atoms with van der Waals surface area (Å²) in [6.45, 7) is 10.1. The molecule has 10 unspecified atom stereocenters. The molecule has 12 heteroatoms. The van der Waals surface area contributed by atoms with Crippen molar-refractivity contribution in [2.45, 2.75) is 84.2 Å². The number of benzene rings is 1. The SMILES string of the molecule is C.C=CC1CN2CCC1CC2[C@H](O)c1ccnc2ccccc12.CC.O=C(O)C1CC2CC1C(=O)O2.O=C(O)C1CC2CC1C(=O)O2.[CH3-].[V]. The minimum atomic E-state index is -0.867. The number of para-hydroxylation sites is 1. The smallest absolute Gasteiger partial charge is 0.310 e. The normalized spacial score (nSPS) is 32.8. The third kappa shape index (κ3) is 8.74. The second-order valence-corrected chi connectivity index (χ2v) is 12.8. The fourth-order valence-corrected chi connectivity index (χ4v) is 8.03. The van der Waals surface area contributed by atoms with E-state index in [1.54, 1.807) is 0 Å². The Morgan fingerprint density at radius 2 is 1.49 bits per heavy atom. The molecule has 5 aliphatic heterocycles. The van der Waals surface area contributed by atoms with Crippen molar-refractivity contribution in [3.63, 3.8) is 0 Å². The molecule has 5 saturated heterocycles. The van der Waals surface area contributed by atoms with Gasteiger partial charge in [-0.1, -0.05) is 45.5 Å². The van der Waals surface area contributed by atoms with Crippen LogP contribution < -0.4 is 0 Å². The van der Waals surface area contributed by atoms with E-state index >= 15 is 0 Å². The number of aromatic nitrogens is 1. The number of rotatable bonds is 5. The number of esters is 2. The molecule has 1 radical (unpaired) electrons. The largest absolute Gasteiger partial charge is 0.481 e. The van der Waals surface area contributed by atoms with Gasteiger partial charge in [-0.25, -0.2) is 0 Å². The molecule has 49 heavy (non-hydrogen) atoms. The quantitative estimate of drug-likeness (QED) is 0.208. The predicted molar refractivity (Wildman–Crippen MR) is 180 cm³/mol. The Morgan fingerprint density at radius 3 is 1.92 bits per heavy atom. The number of aliphatic hydroxyl groups excluding tert-OH is 1. The molecule has 3 N–H and O–H groups in total. The van der Waals surface area contributed by atoms with Gasteiger partial charge in [0.05, 0.1) is 35.3 Å². The van der Waals surface area contributed by atoms with E-state index in [4.69, 9.17) is 19.7 Å². The van der Waals surface area contributed by atoms with Crippen molar-refractivity contribution in [2.24, 2.45) is 35.5 Å². The van der Waals surface area contributed by atoms with Crippen molar-refractivity contribution < 1.29 is 62.5 Å². The summed E-state index contributed by atoms with van der Waals surface area (Å²) in [5, 5.41) is 29.4. The summed E-state index contributed by atoms with van der Waals surface area (Å²) in [5.41, 5.74) is 1.97. The van der Waals surface area contributed by atoms with Crippen molar-refractivity contribution in [3.8, 4) is 0 Å². The topological polar surface area (TPSA) is 164 Å². The van der Waals surface area contributed by atoms with E-state index in [2.05, 4.69) is 28.6 Å². The van der Waals surface area contributed by atoms with Crippen LogP contribution in [0.1, 0.15) is 71.5 Å². The van der Waals surface area contributed by atoms with Gasteiger partial charge < -0.3 is 32.2 Å². The number of carbonyl (C=O) groups excluding carboxylic acids is 2. The molecule has 1 aromatic carbocycles. The van der Waals surface area contributed by atoms with Crippen molar-refractivity contribution >= 4 is 34.8 Å². The molecule has 9 rings (SSSR count). The summed E-state index contributed by atoms with van der Waals surface area (Å²) in [4.78, 5) is 49.6. The Morgan fingerprint density at radius 1 is 0.939 bits per heavy atom. The molecule has 2 aliphatic carbocycles. The molecular weight excluding hydrogens is 667 g/mol. The van der Waals surface area contributed by atoms with Gasteiger partial charge in [0.15, 0.2) is 0 Å². The maximum Gasteiger partial charge on any atom is 0.310 e. The van der Waals surface area contributed by atoms with Gasteiger partial charge >= 0.3 is 23.9 Å². The zero-order chi connectivity index (χ0) is 33.1. The summed E-state index contributed by atoms with van der Waals surface area (Å²) in [5.74, 6) is -2.82. The van der Waals surface area contributed by atoms with Gasteiger partial charge in [0, 0.05) is 42.7 Å². The molecule has 6 bridgehead atoms. The fraction of sp³-hybridized carbons (Fsp3) is 0.568. The van der Waals surface area contributed by atoms with Crippen LogP contribution in [0.25, 0.3) is 10.9 Å². The number of aliphatic hydroxyl groups is 1. The molecule has 7 aliphatic rings. The molecule has 2 aromatic rings. The second-order valence-electron chi connectivity index (χ2n) is 12.8. The van der Waals surface area contributed by atoms with Crippen LogP contribution in [0.5, 0.6) is 0 Å². The van der Waals surface area contributed by atoms with E-state index in [-0.39, 0.29) is 75.4 Å². The number of aliphatic carboxylic acids is 2. The number of hydrogen-bond donors (Lipinski definition) is 3. The number of nitrogens with zero attached hydrogens (tertiary/aromatic N) is 2. The Kier molecular flexibility index (Phi) is 15.5. The minimum absolute atomic E-state index is 0. The Labute approximate surface area is 301 Å². The maximum atomic E-state index is 11.0. The summed E-state index contributed by atoms with van der Waals surface area (Å²) in [6.07, 6.45) is 7.75. The number of carboxylic acid groups (broad SMARTS) is 2. The Hall–Kier alpha value is -3.25. The Bertz CT molecular complexity index is 1420. The van der Waals surface area contributed by atoms with Crippen molar-refractivity contribution in [1.29, 1.82) is 0 Å². The summed E-state index contributed by atoms with van der Waals surface area (Å²) in [7, 11) is 0. The van der Waals surface area contributed by atoms with Gasteiger partial charge in [-0.2, -0.15) is 0 Å². The van der Waals surface area contributed by atoms with Crippen molar-refractivity contribution in [3.05, 3.63) is 62.2 Å². The maximum absolute atomic E-state index is 11.0. The first-order valence-corrected chi connectivity index (χ1v) is 16.4. The van der Waals surface area contributed by atoms with Gasteiger partial charge in [0.1, 0.15) is 12.2 Å². The van der Waals surface area contributed by atoms with E-state index in [0.29, 0.717) is 37.5 Å². The third-order valence-electron chi connectivity index (χ3n) is 10.4. The molecule has 6 heterocycles. The van der Waals surface area contributed by atoms with Crippen molar-refractivity contribution in [1.82, 2.24) is 9.88 Å². The average molecular weight is 719 g/mol. The van der Waals surface area contributed by atoms with E-state index in [0.717, 1.165) is 36.0 Å². The van der Waals surface area contributed by atoms with Gasteiger partial charge in [-0.3, -0.25) is 29.1 Å². The van der Waals surface area contributed by atoms with Crippen molar-refractivity contribution in [2.75, 3.05) is 13.1 Å². The number of piperidine rings is 3. The number of carbonyl (C=O) groups is 4. The van der Waals surface area contributed by atoms with Crippen LogP contribution >= 0.6 is 0 Å². The first kappa shape index (κ1) is 41.9. The molecule has 7 fully saturated rings. The summed E-state index contributed by atoms with van der Waals surface area (Å²) in [6, 6.07) is 10.3. The molecule has 269 valence electrons. The van der Waals surface area contributed by atoms with E-state index in [1.165, 1.54) is 6.42 Å². The predicted octanol–water partition coefficient (Wildman–Crippen LogP) is 5.32. The first-order valence-electron chi connectivity index (χ1n) is 16.4. The van der Waals surface area contributed by atoms with Crippen LogP contribution in [0, 0.1) is 42.9 Å². The molecule has 0 amide bonds. The van der Waals surface area contributed by atoms with Crippen LogP contribution in [-0.2, 0) is 47.2 Å². The monoisotopic (exact) mass is 718 g/mol. The molecule has 1 aromatic heterocycles. The fourth-order valence-electron chi connectivity index (χ4n) is 8.03. The van der Waals surface area contributed by atoms with Gasteiger partial charge in [-0.15, -0.1) is 6.58 Å². The molecule has 0 spiro atoms. The summed E-state index contributed by atoms with van der Waals surface area (Å²) >= 11 is 0. The van der Waals surface area contributed by atoms with Crippen LogP contribution in [0.3, 0.4) is 0 Å². The Balaban J connectivity index is 0.000000263. The molecule has 11 atom stereocenters. The number of fused-ring (bicyclic) bond motifs is 8. The molecular formula is C37H51N2O9V-. The van der Waals surface area contributed by atoms with Crippen LogP contribution in [0.2, 0.25) is 0 Å². The van der Waals surface area contributed by atoms with E-state index in [9.17, 15) is 24.3 Å². The van der Waals surface area contributed by atoms with Crippen LogP contribution in [0.4, 0.5) is 0 Å². The average Bonchev–Trinajstić information content (AvgIpc) is 3.87. The summed E-state index contributed by atoms with van der Waals surface area (Å²) < 4.78 is 9.68. The van der Waals surface area contributed by atoms with Gasteiger partial charge in [-0.05, 0) is 74.6 Å². The minimum Gasteiger partial charge on any atom is -0.481 e. The van der Waals surface area contributed by atoms with Crippen LogP contribution in [0.15, 0.2) is 49.2 Å². The number of hydrogen-bond acceptors (Lipinski definition) is 9. The van der Waals surface area contributed by atoms with Crippen LogP contribution in [-0.4, -0.2) is 80.4 Å². The molecule has 11 nitrogen and oxygen atoms in total. The number of pyridine rings is 1. The third-order valence-corrected chi connectivity index (χ3v) is 10.4. The number of carboxylic acids is 2. The van der Waals surface area contributed by atoms with Gasteiger partial charge in [0.2, 0.25) is 0 Å². The first-order chi connectivity index (χ1) is 22.1. The van der Waals surface area contributed by atoms with E-state index < -0.39 is 29.9 Å². The van der Waals surface area contributed by atoms with E-state index in [1.807, 2.05) is 44.3 Å². The van der Waals surface area contributed by atoms with Gasteiger partial charge in [0.25, 0.3) is 0 Å². The zero-order valence-corrected chi connectivity index (χ0v) is 29.2.